The zero-order valence-electron chi connectivity index (χ0n) is 10.2. The van der Waals surface area contributed by atoms with Crippen molar-refractivity contribution in [1.82, 2.24) is 4.98 Å². The van der Waals surface area contributed by atoms with Gasteiger partial charge in [0.25, 0.3) is 0 Å². The lowest BCUT2D eigenvalue weighted by atomic mass is 10.1. The van der Waals surface area contributed by atoms with Gasteiger partial charge >= 0.3 is 0 Å². The number of ether oxygens (including phenoxy) is 2. The van der Waals surface area contributed by atoms with Crippen molar-refractivity contribution in [1.29, 1.82) is 0 Å². The average Bonchev–Trinajstić information content (AvgIpc) is 2.37. The number of fused-ring (bicyclic) bond motifs is 1. The molecule has 90 valence electrons. The quantitative estimate of drug-likeness (QED) is 0.881. The van der Waals surface area contributed by atoms with Crippen LogP contribution in [0, 0.1) is 6.92 Å². The second kappa shape index (κ2) is 4.59. The van der Waals surface area contributed by atoms with Gasteiger partial charge in [-0.3, -0.25) is 0 Å². The third-order valence-corrected chi connectivity index (χ3v) is 2.74. The minimum Gasteiger partial charge on any atom is -0.496 e. The summed E-state index contributed by atoms with van der Waals surface area (Å²) in [5.74, 6) is 1.44. The van der Waals surface area contributed by atoms with Gasteiger partial charge in [-0.25, -0.2) is 4.98 Å². The van der Waals surface area contributed by atoms with Crippen molar-refractivity contribution in [2.45, 2.75) is 13.5 Å². The second-order valence-electron chi connectivity index (χ2n) is 3.78. The molecular weight excluding hydrogens is 218 g/mol. The topological polar surface area (TPSA) is 51.6 Å². The van der Waals surface area contributed by atoms with Crippen LogP contribution in [0.5, 0.6) is 11.5 Å². The normalized spacial score (nSPS) is 10.6. The molecule has 0 aliphatic rings. The van der Waals surface area contributed by atoms with Crippen LogP contribution in [0.3, 0.4) is 0 Å². The Balaban J connectivity index is 2.85. The highest BCUT2D eigenvalue weighted by Crippen LogP contribution is 2.34. The number of rotatable bonds is 3. The van der Waals surface area contributed by atoms with Crippen LogP contribution in [-0.4, -0.2) is 24.3 Å². The molecule has 1 aromatic heterocycles. The highest BCUT2D eigenvalue weighted by atomic mass is 16.5. The summed E-state index contributed by atoms with van der Waals surface area (Å²) in [6.07, 6.45) is 0. The lowest BCUT2D eigenvalue weighted by molar-refractivity contribution is 0.277. The Bertz CT molecular complexity index is 552. The number of pyridine rings is 1. The molecule has 4 nitrogen and oxygen atoms in total. The molecule has 0 saturated heterocycles. The van der Waals surface area contributed by atoms with Crippen LogP contribution in [0.25, 0.3) is 10.9 Å². The summed E-state index contributed by atoms with van der Waals surface area (Å²) in [6, 6.07) is 5.52. The van der Waals surface area contributed by atoms with Gasteiger partial charge in [0.1, 0.15) is 17.0 Å². The highest BCUT2D eigenvalue weighted by Gasteiger charge is 2.12. The molecule has 1 aromatic carbocycles. The molecule has 0 saturated carbocycles. The van der Waals surface area contributed by atoms with Crippen LogP contribution in [-0.2, 0) is 6.61 Å². The summed E-state index contributed by atoms with van der Waals surface area (Å²) in [4.78, 5) is 4.38. The Morgan fingerprint density at radius 2 is 1.82 bits per heavy atom. The van der Waals surface area contributed by atoms with E-state index in [1.54, 1.807) is 14.2 Å². The number of aliphatic hydroxyl groups excluding tert-OH is 1. The number of benzene rings is 1. The van der Waals surface area contributed by atoms with E-state index in [0.29, 0.717) is 11.4 Å². The van der Waals surface area contributed by atoms with Gasteiger partial charge in [-0.15, -0.1) is 0 Å². The Kier molecular flexibility index (Phi) is 3.15. The van der Waals surface area contributed by atoms with E-state index in [-0.39, 0.29) is 6.61 Å². The van der Waals surface area contributed by atoms with Crippen LogP contribution in [0.2, 0.25) is 0 Å². The maximum Gasteiger partial charge on any atom is 0.145 e. The fourth-order valence-electron chi connectivity index (χ4n) is 1.96. The van der Waals surface area contributed by atoms with Gasteiger partial charge in [-0.1, -0.05) is 0 Å². The first-order valence-corrected chi connectivity index (χ1v) is 5.33. The van der Waals surface area contributed by atoms with Gasteiger partial charge in [0.2, 0.25) is 0 Å². The molecule has 0 aliphatic carbocycles. The van der Waals surface area contributed by atoms with Crippen molar-refractivity contribution >= 4 is 10.9 Å². The Hall–Kier alpha value is -1.81. The lowest BCUT2D eigenvalue weighted by Crippen LogP contribution is -1.97. The maximum atomic E-state index is 9.18. The van der Waals surface area contributed by atoms with Crippen LogP contribution in [0.1, 0.15) is 11.3 Å². The lowest BCUT2D eigenvalue weighted by Gasteiger charge is -2.12. The number of methoxy groups -OCH3 is 2. The number of aryl methyl sites for hydroxylation is 1. The smallest absolute Gasteiger partial charge is 0.145 e. The van der Waals surface area contributed by atoms with E-state index in [0.717, 1.165) is 22.2 Å². The van der Waals surface area contributed by atoms with Crippen molar-refractivity contribution in [3.8, 4) is 11.5 Å². The minimum atomic E-state index is -0.0862. The minimum absolute atomic E-state index is 0.0862. The molecule has 1 heterocycles. The first-order chi connectivity index (χ1) is 8.21. The highest BCUT2D eigenvalue weighted by molar-refractivity contribution is 5.92. The molecule has 0 atom stereocenters. The van der Waals surface area contributed by atoms with E-state index in [4.69, 9.17) is 9.47 Å². The van der Waals surface area contributed by atoms with E-state index in [9.17, 15) is 5.11 Å². The summed E-state index contributed by atoms with van der Waals surface area (Å²) >= 11 is 0. The Labute approximate surface area is 99.8 Å². The number of aromatic nitrogens is 1. The molecule has 0 spiro atoms. The molecule has 0 bridgehead atoms. The SMILES string of the molecule is COc1ccc(OC)c2c(C)cc(CO)nc12. The molecule has 0 radical (unpaired) electrons. The summed E-state index contributed by atoms with van der Waals surface area (Å²) in [6.45, 7) is 1.88. The van der Waals surface area contributed by atoms with Crippen LogP contribution in [0.4, 0.5) is 0 Å². The fraction of sp³-hybridized carbons (Fsp3) is 0.308. The molecule has 0 unspecified atom stereocenters. The van der Waals surface area contributed by atoms with Gasteiger partial charge < -0.3 is 14.6 Å². The monoisotopic (exact) mass is 233 g/mol. The molecule has 0 aliphatic heterocycles. The van der Waals surface area contributed by atoms with Crippen LogP contribution < -0.4 is 9.47 Å². The number of hydrogen-bond acceptors (Lipinski definition) is 4. The first kappa shape index (κ1) is 11.7. The molecule has 2 aromatic rings. The zero-order valence-corrected chi connectivity index (χ0v) is 10.2. The van der Waals surface area contributed by atoms with E-state index in [1.807, 2.05) is 25.1 Å². The Morgan fingerprint density at radius 3 is 2.41 bits per heavy atom. The van der Waals surface area contributed by atoms with E-state index < -0.39 is 0 Å². The summed E-state index contributed by atoms with van der Waals surface area (Å²) in [5, 5.41) is 10.1. The van der Waals surface area contributed by atoms with Gasteiger partial charge in [-0.2, -0.15) is 0 Å². The third-order valence-electron chi connectivity index (χ3n) is 2.74. The molecule has 2 rings (SSSR count). The van der Waals surface area contributed by atoms with Gasteiger partial charge in [0.05, 0.1) is 26.5 Å². The summed E-state index contributed by atoms with van der Waals surface area (Å²) < 4.78 is 10.6. The standard InChI is InChI=1S/C13H15NO3/c1-8-6-9(7-15)14-13-11(17-3)5-4-10(16-2)12(8)13/h4-6,15H,7H2,1-3H3. The Morgan fingerprint density at radius 1 is 1.18 bits per heavy atom. The summed E-state index contributed by atoms with van der Waals surface area (Å²) in [7, 11) is 3.23. The molecule has 1 N–H and O–H groups in total. The van der Waals surface area contributed by atoms with Gasteiger partial charge in [0.15, 0.2) is 0 Å². The van der Waals surface area contributed by atoms with Crippen molar-refractivity contribution in [3.63, 3.8) is 0 Å². The van der Waals surface area contributed by atoms with Crippen LogP contribution in [0.15, 0.2) is 18.2 Å². The average molecular weight is 233 g/mol. The summed E-state index contributed by atoms with van der Waals surface area (Å²) in [5.41, 5.74) is 2.35. The zero-order chi connectivity index (χ0) is 12.4. The van der Waals surface area contributed by atoms with Gasteiger partial charge in [-0.05, 0) is 30.7 Å². The fourth-order valence-corrected chi connectivity index (χ4v) is 1.96. The van der Waals surface area contributed by atoms with Crippen molar-refractivity contribution in [2.24, 2.45) is 0 Å². The molecular formula is C13H15NO3. The van der Waals surface area contributed by atoms with E-state index in [2.05, 4.69) is 4.98 Å². The number of aliphatic hydroxyl groups is 1. The van der Waals surface area contributed by atoms with E-state index in [1.165, 1.54) is 0 Å². The first-order valence-electron chi connectivity index (χ1n) is 5.33. The van der Waals surface area contributed by atoms with Gasteiger partial charge in [0, 0.05) is 5.39 Å². The third kappa shape index (κ3) is 1.91. The predicted octanol–water partition coefficient (Wildman–Crippen LogP) is 2.05. The largest absolute Gasteiger partial charge is 0.496 e. The molecule has 0 amide bonds. The molecule has 4 heteroatoms. The van der Waals surface area contributed by atoms with Crippen molar-refractivity contribution < 1.29 is 14.6 Å². The number of nitrogens with zero attached hydrogens (tertiary/aromatic N) is 1. The predicted molar refractivity (Wildman–Crippen MR) is 65.5 cm³/mol. The number of hydrogen-bond donors (Lipinski definition) is 1. The molecule has 0 fully saturated rings. The maximum absolute atomic E-state index is 9.18. The van der Waals surface area contributed by atoms with Crippen LogP contribution >= 0.6 is 0 Å². The van der Waals surface area contributed by atoms with E-state index >= 15 is 0 Å². The van der Waals surface area contributed by atoms with Crippen molar-refractivity contribution in [2.75, 3.05) is 14.2 Å². The molecule has 17 heavy (non-hydrogen) atoms. The van der Waals surface area contributed by atoms with Crippen molar-refractivity contribution in [3.05, 3.63) is 29.5 Å². The second-order valence-corrected chi connectivity index (χ2v) is 3.78.